The summed E-state index contributed by atoms with van der Waals surface area (Å²) in [5, 5.41) is 12.9. The predicted octanol–water partition coefficient (Wildman–Crippen LogP) is 1.88. The van der Waals surface area contributed by atoms with Crippen LogP contribution in [0.2, 0.25) is 0 Å². The molecule has 0 spiro atoms. The molecule has 0 unspecified atom stereocenters. The molecular formula is C16H25N3O2. The third-order valence-corrected chi connectivity index (χ3v) is 4.68. The van der Waals surface area contributed by atoms with Gasteiger partial charge in [0.25, 0.3) is 0 Å². The lowest BCUT2D eigenvalue weighted by molar-refractivity contribution is 0.121. The average Bonchev–Trinajstić information content (AvgIpc) is 2.93. The summed E-state index contributed by atoms with van der Waals surface area (Å²) in [6, 6.07) is 4.45. The van der Waals surface area contributed by atoms with Gasteiger partial charge in [-0.3, -0.25) is 0 Å². The summed E-state index contributed by atoms with van der Waals surface area (Å²) in [5.74, 6) is 1.48. The van der Waals surface area contributed by atoms with E-state index in [1.807, 2.05) is 12.3 Å². The van der Waals surface area contributed by atoms with Gasteiger partial charge in [-0.25, -0.2) is 4.98 Å². The Morgan fingerprint density at radius 1 is 1.38 bits per heavy atom. The van der Waals surface area contributed by atoms with Crippen molar-refractivity contribution in [1.29, 1.82) is 0 Å². The van der Waals surface area contributed by atoms with Gasteiger partial charge in [-0.15, -0.1) is 0 Å². The number of nitrogens with one attached hydrogen (secondary N) is 1. The molecule has 0 radical (unpaired) electrons. The Hall–Kier alpha value is -1.33. The molecule has 3 rings (SSSR count). The molecule has 0 amide bonds. The number of aliphatic hydroxyl groups excluding tert-OH is 1. The number of piperidine rings is 1. The van der Waals surface area contributed by atoms with Crippen LogP contribution in [0.1, 0.15) is 26.2 Å². The molecule has 0 bridgehead atoms. The highest BCUT2D eigenvalue weighted by Gasteiger charge is 2.26. The topological polar surface area (TPSA) is 57.6 Å². The summed E-state index contributed by atoms with van der Waals surface area (Å²) in [6.45, 7) is 5.18. The normalized spacial score (nSPS) is 27.0. The van der Waals surface area contributed by atoms with Gasteiger partial charge in [0.1, 0.15) is 0 Å². The maximum absolute atomic E-state index is 9.26. The molecule has 0 saturated carbocycles. The number of rotatable bonds is 4. The van der Waals surface area contributed by atoms with Gasteiger partial charge in [-0.1, -0.05) is 0 Å². The zero-order chi connectivity index (χ0) is 14.7. The highest BCUT2D eigenvalue weighted by molar-refractivity contribution is 5.66. The Morgan fingerprint density at radius 2 is 2.19 bits per heavy atom. The Labute approximate surface area is 126 Å². The van der Waals surface area contributed by atoms with Gasteiger partial charge in [0.05, 0.1) is 17.8 Å². The average molecular weight is 291 g/mol. The van der Waals surface area contributed by atoms with Crippen LogP contribution in [-0.4, -0.2) is 48.5 Å². The van der Waals surface area contributed by atoms with Crippen LogP contribution in [0, 0.1) is 5.92 Å². The van der Waals surface area contributed by atoms with Gasteiger partial charge in [-0.05, 0) is 44.2 Å². The van der Waals surface area contributed by atoms with Gasteiger partial charge in [0, 0.05) is 32.5 Å². The van der Waals surface area contributed by atoms with Crippen LogP contribution in [0.15, 0.2) is 18.3 Å². The fourth-order valence-electron chi connectivity index (χ4n) is 3.21. The molecule has 2 atom stereocenters. The smallest absolute Gasteiger partial charge is 0.151 e. The highest BCUT2D eigenvalue weighted by Crippen LogP contribution is 2.29. The minimum absolute atomic E-state index is 0.248. The first-order valence-electron chi connectivity index (χ1n) is 7.97. The van der Waals surface area contributed by atoms with Crippen molar-refractivity contribution in [3.63, 3.8) is 0 Å². The summed E-state index contributed by atoms with van der Waals surface area (Å²) >= 11 is 0. The quantitative estimate of drug-likeness (QED) is 0.887. The molecule has 1 aromatic heterocycles. The molecule has 5 heteroatoms. The molecule has 2 fully saturated rings. The number of aromatic nitrogens is 1. The van der Waals surface area contributed by atoms with Crippen molar-refractivity contribution < 1.29 is 9.84 Å². The van der Waals surface area contributed by atoms with Crippen LogP contribution in [0.3, 0.4) is 0 Å². The van der Waals surface area contributed by atoms with E-state index in [0.29, 0.717) is 18.6 Å². The standard InChI is InChI=1S/C16H25N3O2/c1-12-14(6-10-21-12)18-15-3-2-7-17-16(15)19-8-4-13(11-20)5-9-19/h2-3,7,12-14,18,20H,4-6,8-11H2,1H3/t12-,14+/m1/s1. The zero-order valence-corrected chi connectivity index (χ0v) is 12.7. The van der Waals surface area contributed by atoms with Crippen LogP contribution in [0.4, 0.5) is 11.5 Å². The van der Waals surface area contributed by atoms with Crippen LogP contribution in [0.25, 0.3) is 0 Å². The summed E-state index contributed by atoms with van der Waals surface area (Å²) in [7, 11) is 0. The number of hydrogen-bond donors (Lipinski definition) is 2. The number of anilines is 2. The third kappa shape index (κ3) is 3.30. The molecule has 116 valence electrons. The molecule has 0 aromatic carbocycles. The van der Waals surface area contributed by atoms with Crippen molar-refractivity contribution in [2.24, 2.45) is 5.92 Å². The van der Waals surface area contributed by atoms with Gasteiger partial charge >= 0.3 is 0 Å². The molecule has 3 heterocycles. The zero-order valence-electron chi connectivity index (χ0n) is 12.7. The van der Waals surface area contributed by atoms with E-state index in [-0.39, 0.29) is 6.10 Å². The van der Waals surface area contributed by atoms with Crippen LogP contribution >= 0.6 is 0 Å². The van der Waals surface area contributed by atoms with Crippen molar-refractivity contribution in [2.75, 3.05) is 36.5 Å². The second kappa shape index (κ2) is 6.62. The van der Waals surface area contributed by atoms with Crippen LogP contribution in [-0.2, 0) is 4.74 Å². The SMILES string of the molecule is C[C@H]1OCC[C@@H]1Nc1cccnc1N1CCC(CO)CC1. The molecular weight excluding hydrogens is 266 g/mol. The fraction of sp³-hybridized carbons (Fsp3) is 0.688. The highest BCUT2D eigenvalue weighted by atomic mass is 16.5. The fourth-order valence-corrected chi connectivity index (χ4v) is 3.21. The van der Waals surface area contributed by atoms with E-state index in [1.165, 1.54) is 0 Å². The minimum atomic E-state index is 0.248. The predicted molar refractivity (Wildman–Crippen MR) is 83.7 cm³/mol. The van der Waals surface area contributed by atoms with Crippen molar-refractivity contribution in [1.82, 2.24) is 4.98 Å². The first-order chi connectivity index (χ1) is 10.3. The van der Waals surface area contributed by atoms with Gasteiger partial charge < -0.3 is 20.1 Å². The largest absolute Gasteiger partial charge is 0.396 e. The first-order valence-corrected chi connectivity index (χ1v) is 7.97. The summed E-state index contributed by atoms with van der Waals surface area (Å²) < 4.78 is 5.63. The molecule has 2 aliphatic rings. The van der Waals surface area contributed by atoms with Gasteiger partial charge in [0.15, 0.2) is 5.82 Å². The Bertz CT molecular complexity index is 461. The van der Waals surface area contributed by atoms with Crippen LogP contribution < -0.4 is 10.2 Å². The van der Waals surface area contributed by atoms with E-state index in [1.54, 1.807) is 0 Å². The van der Waals surface area contributed by atoms with Crippen molar-refractivity contribution in [2.45, 2.75) is 38.3 Å². The lowest BCUT2D eigenvalue weighted by Gasteiger charge is -2.33. The van der Waals surface area contributed by atoms with E-state index in [4.69, 9.17) is 4.74 Å². The lowest BCUT2D eigenvalue weighted by atomic mass is 9.98. The van der Waals surface area contributed by atoms with E-state index in [2.05, 4.69) is 28.2 Å². The number of aliphatic hydroxyl groups is 1. The second-order valence-electron chi connectivity index (χ2n) is 6.10. The minimum Gasteiger partial charge on any atom is -0.396 e. The van der Waals surface area contributed by atoms with E-state index in [9.17, 15) is 5.11 Å². The van der Waals surface area contributed by atoms with Crippen molar-refractivity contribution in [3.05, 3.63) is 18.3 Å². The maximum Gasteiger partial charge on any atom is 0.151 e. The summed E-state index contributed by atoms with van der Waals surface area (Å²) in [5.41, 5.74) is 1.10. The van der Waals surface area contributed by atoms with Crippen molar-refractivity contribution >= 4 is 11.5 Å². The van der Waals surface area contributed by atoms with E-state index < -0.39 is 0 Å². The molecule has 1 aromatic rings. The van der Waals surface area contributed by atoms with E-state index >= 15 is 0 Å². The first kappa shape index (κ1) is 14.6. The maximum atomic E-state index is 9.26. The van der Waals surface area contributed by atoms with Gasteiger partial charge in [0.2, 0.25) is 0 Å². The lowest BCUT2D eigenvalue weighted by Crippen LogP contribution is -2.36. The number of nitrogens with zero attached hydrogens (tertiary/aromatic N) is 2. The Balaban J connectivity index is 1.70. The van der Waals surface area contributed by atoms with Gasteiger partial charge in [-0.2, -0.15) is 0 Å². The number of pyridine rings is 1. The molecule has 2 N–H and O–H groups in total. The Morgan fingerprint density at radius 3 is 2.86 bits per heavy atom. The molecule has 21 heavy (non-hydrogen) atoms. The molecule has 5 nitrogen and oxygen atoms in total. The molecule has 0 aliphatic carbocycles. The van der Waals surface area contributed by atoms with Crippen LogP contribution in [0.5, 0.6) is 0 Å². The number of hydrogen-bond acceptors (Lipinski definition) is 5. The van der Waals surface area contributed by atoms with Crippen molar-refractivity contribution in [3.8, 4) is 0 Å². The van der Waals surface area contributed by atoms with E-state index in [0.717, 1.165) is 50.5 Å². The monoisotopic (exact) mass is 291 g/mol. The number of ether oxygens (including phenoxy) is 1. The summed E-state index contributed by atoms with van der Waals surface area (Å²) in [6.07, 6.45) is 5.22. The second-order valence-corrected chi connectivity index (χ2v) is 6.10. The Kier molecular flexibility index (Phi) is 4.60. The third-order valence-electron chi connectivity index (χ3n) is 4.68. The molecule has 2 aliphatic heterocycles. The summed E-state index contributed by atoms with van der Waals surface area (Å²) in [4.78, 5) is 6.91. The molecule has 2 saturated heterocycles.